The van der Waals surface area contributed by atoms with Gasteiger partial charge in [0.1, 0.15) is 6.54 Å². The Bertz CT molecular complexity index is 453. The van der Waals surface area contributed by atoms with Crippen molar-refractivity contribution in [3.05, 3.63) is 0 Å². The number of nitrogens with one attached hydrogen (secondary N) is 2. The minimum absolute atomic E-state index is 0.0333. The van der Waals surface area contributed by atoms with Crippen molar-refractivity contribution in [2.75, 3.05) is 46.8 Å². The molecule has 1 amide bonds. The molecule has 1 heterocycles. The Balaban J connectivity index is 1.91. The van der Waals surface area contributed by atoms with Gasteiger partial charge in [-0.3, -0.25) is 9.69 Å². The van der Waals surface area contributed by atoms with Crippen LogP contribution >= 0.6 is 0 Å². The third-order valence-electron chi connectivity index (χ3n) is 6.08. The van der Waals surface area contributed by atoms with Gasteiger partial charge in [-0.15, -0.1) is 0 Å². The number of rotatable bonds is 8. The number of carbonyl (C=O) groups is 1. The van der Waals surface area contributed by atoms with Crippen LogP contribution in [0.5, 0.6) is 0 Å². The summed E-state index contributed by atoms with van der Waals surface area (Å²) in [5.41, 5.74) is 0.427. The van der Waals surface area contributed by atoms with E-state index in [0.29, 0.717) is 11.5 Å². The molecule has 25 heavy (non-hydrogen) atoms. The summed E-state index contributed by atoms with van der Waals surface area (Å²) in [6.45, 7) is 8.85. The van der Waals surface area contributed by atoms with Crippen molar-refractivity contribution in [1.29, 1.82) is 0 Å². The highest BCUT2D eigenvalue weighted by atomic mass is 16.2. The highest BCUT2D eigenvalue weighted by Crippen LogP contribution is 2.42. The fourth-order valence-electron chi connectivity index (χ4n) is 3.82. The molecule has 1 aliphatic carbocycles. The summed E-state index contributed by atoms with van der Waals surface area (Å²) in [7, 11) is 3.55. The molecule has 0 aromatic rings. The third kappa shape index (κ3) is 5.59. The molecule has 1 aliphatic heterocycles. The van der Waals surface area contributed by atoms with E-state index in [4.69, 9.17) is 0 Å². The first-order valence-electron chi connectivity index (χ1n) is 9.96. The van der Waals surface area contributed by atoms with E-state index in [1.165, 1.54) is 45.1 Å². The fraction of sp³-hybridized carbons (Fsp3) is 0.895. The van der Waals surface area contributed by atoms with E-state index < -0.39 is 0 Å². The summed E-state index contributed by atoms with van der Waals surface area (Å²) >= 11 is 0. The molecule has 6 nitrogen and oxygen atoms in total. The van der Waals surface area contributed by atoms with Crippen molar-refractivity contribution in [1.82, 2.24) is 20.4 Å². The van der Waals surface area contributed by atoms with Gasteiger partial charge in [0.25, 0.3) is 0 Å². The van der Waals surface area contributed by atoms with Crippen molar-refractivity contribution in [3.8, 4) is 0 Å². The van der Waals surface area contributed by atoms with Crippen LogP contribution in [0.4, 0.5) is 0 Å². The number of hydrogen-bond acceptors (Lipinski definition) is 3. The molecule has 1 saturated carbocycles. The second-order valence-electron chi connectivity index (χ2n) is 7.82. The summed E-state index contributed by atoms with van der Waals surface area (Å²) in [5, 5.41) is 7.01. The van der Waals surface area contributed by atoms with Gasteiger partial charge in [0.15, 0.2) is 5.96 Å². The van der Waals surface area contributed by atoms with E-state index in [1.54, 1.807) is 19.0 Å². The van der Waals surface area contributed by atoms with E-state index in [9.17, 15) is 4.79 Å². The Labute approximate surface area is 153 Å². The van der Waals surface area contributed by atoms with E-state index >= 15 is 0 Å². The van der Waals surface area contributed by atoms with Crippen molar-refractivity contribution in [3.63, 3.8) is 0 Å². The highest BCUT2D eigenvalue weighted by Gasteiger charge is 2.35. The molecular weight excluding hydrogens is 314 g/mol. The van der Waals surface area contributed by atoms with Crippen LogP contribution in [0.15, 0.2) is 4.99 Å². The topological polar surface area (TPSA) is 60.0 Å². The average molecular weight is 352 g/mol. The van der Waals surface area contributed by atoms with Crippen LogP contribution in [0.3, 0.4) is 0 Å². The Morgan fingerprint density at radius 1 is 1.24 bits per heavy atom. The molecule has 0 spiro atoms. The molecule has 2 aliphatic rings. The molecule has 2 rings (SSSR count). The van der Waals surface area contributed by atoms with Gasteiger partial charge in [0.05, 0.1) is 0 Å². The fourth-order valence-corrected chi connectivity index (χ4v) is 3.82. The lowest BCUT2D eigenvalue weighted by molar-refractivity contribution is -0.127. The molecule has 6 heteroatoms. The van der Waals surface area contributed by atoms with Gasteiger partial charge < -0.3 is 15.5 Å². The van der Waals surface area contributed by atoms with Crippen molar-refractivity contribution < 1.29 is 4.79 Å². The minimum atomic E-state index is 0.0333. The minimum Gasteiger partial charge on any atom is -0.356 e. The van der Waals surface area contributed by atoms with Crippen LogP contribution in [0.25, 0.3) is 0 Å². The second kappa shape index (κ2) is 9.41. The van der Waals surface area contributed by atoms with Crippen LogP contribution in [-0.2, 0) is 4.79 Å². The largest absolute Gasteiger partial charge is 0.356 e. The van der Waals surface area contributed by atoms with E-state index in [2.05, 4.69) is 34.4 Å². The molecule has 1 unspecified atom stereocenters. The Morgan fingerprint density at radius 3 is 2.56 bits per heavy atom. The van der Waals surface area contributed by atoms with Gasteiger partial charge in [-0.1, -0.05) is 20.3 Å². The maximum atomic E-state index is 11.9. The predicted molar refractivity (Wildman–Crippen MR) is 104 cm³/mol. The number of aliphatic imine (C=N–C) groups is 1. The second-order valence-corrected chi connectivity index (χ2v) is 7.82. The monoisotopic (exact) mass is 351 g/mol. The van der Waals surface area contributed by atoms with E-state index in [1.807, 2.05) is 0 Å². The molecule has 0 aromatic carbocycles. The molecule has 2 N–H and O–H groups in total. The van der Waals surface area contributed by atoms with Crippen LogP contribution in [-0.4, -0.2) is 74.5 Å². The molecule has 0 bridgehead atoms. The molecule has 144 valence electrons. The van der Waals surface area contributed by atoms with Crippen molar-refractivity contribution in [2.24, 2.45) is 10.4 Å². The number of carbonyl (C=O) groups excluding carboxylic acids is 1. The van der Waals surface area contributed by atoms with Gasteiger partial charge >= 0.3 is 0 Å². The zero-order valence-electron chi connectivity index (χ0n) is 16.6. The normalized spacial score (nSPS) is 23.2. The smallest absolute Gasteiger partial charge is 0.243 e. The maximum Gasteiger partial charge on any atom is 0.243 e. The number of likely N-dealkylation sites (tertiary alicyclic amines) is 1. The maximum absolute atomic E-state index is 11.9. The van der Waals surface area contributed by atoms with Gasteiger partial charge in [0, 0.05) is 33.2 Å². The zero-order chi connectivity index (χ0) is 18.3. The number of hydrogen-bond donors (Lipinski definition) is 2. The zero-order valence-corrected chi connectivity index (χ0v) is 16.6. The molecule has 0 aromatic heterocycles. The van der Waals surface area contributed by atoms with Crippen LogP contribution < -0.4 is 10.6 Å². The van der Waals surface area contributed by atoms with Crippen molar-refractivity contribution in [2.45, 2.75) is 58.4 Å². The lowest BCUT2D eigenvalue weighted by Crippen LogP contribution is -2.49. The molecular formula is C19H37N5O. The Morgan fingerprint density at radius 2 is 2.00 bits per heavy atom. The van der Waals surface area contributed by atoms with E-state index in [0.717, 1.165) is 25.6 Å². The van der Waals surface area contributed by atoms with Gasteiger partial charge in [-0.2, -0.15) is 0 Å². The van der Waals surface area contributed by atoms with Crippen molar-refractivity contribution >= 4 is 11.9 Å². The van der Waals surface area contributed by atoms with Crippen LogP contribution in [0.1, 0.15) is 52.4 Å². The van der Waals surface area contributed by atoms with Crippen LogP contribution in [0, 0.1) is 5.41 Å². The predicted octanol–water partition coefficient (Wildman–Crippen LogP) is 1.67. The molecule has 1 saturated heterocycles. The van der Waals surface area contributed by atoms with Gasteiger partial charge in [-0.05, 0) is 50.6 Å². The summed E-state index contributed by atoms with van der Waals surface area (Å²) in [4.78, 5) is 20.5. The standard InChI is InChI=1S/C19H37N5O/c1-5-19(10-8-11-19)15-22-18(21-14-17(25)23(3)4)20-13-16-9-7-12-24(16)6-2/h16H,5-15H2,1-4H3,(H2,20,21,22). The first-order valence-corrected chi connectivity index (χ1v) is 9.96. The first kappa shape index (κ1) is 20.0. The number of guanidine groups is 1. The SMILES string of the molecule is CCN1CCCC1CNC(=NCC(=O)N(C)C)NCC1(CC)CCC1. The summed E-state index contributed by atoms with van der Waals surface area (Å²) in [5.74, 6) is 0.823. The number of likely N-dealkylation sites (N-methyl/N-ethyl adjacent to an activating group) is 2. The lowest BCUT2D eigenvalue weighted by Gasteiger charge is -2.41. The highest BCUT2D eigenvalue weighted by molar-refractivity contribution is 5.84. The lowest BCUT2D eigenvalue weighted by atomic mass is 9.67. The molecule has 1 atom stereocenters. The number of nitrogens with zero attached hydrogens (tertiary/aromatic N) is 3. The quantitative estimate of drug-likeness (QED) is 0.516. The Kier molecular flexibility index (Phi) is 7.54. The summed E-state index contributed by atoms with van der Waals surface area (Å²) in [6.07, 6.45) is 7.65. The Hall–Kier alpha value is -1.30. The molecule has 2 fully saturated rings. The van der Waals surface area contributed by atoms with Gasteiger partial charge in [-0.25, -0.2) is 4.99 Å². The third-order valence-corrected chi connectivity index (χ3v) is 6.08. The van der Waals surface area contributed by atoms with E-state index in [-0.39, 0.29) is 12.5 Å². The van der Waals surface area contributed by atoms with Gasteiger partial charge in [0.2, 0.25) is 5.91 Å². The van der Waals surface area contributed by atoms with Crippen LogP contribution in [0.2, 0.25) is 0 Å². The first-order chi connectivity index (χ1) is 12.0. The summed E-state index contributed by atoms with van der Waals surface area (Å²) < 4.78 is 0. The number of amides is 1. The summed E-state index contributed by atoms with van der Waals surface area (Å²) in [6, 6.07) is 0.574. The average Bonchev–Trinajstić information content (AvgIpc) is 3.02. The molecule has 0 radical (unpaired) electrons.